The van der Waals surface area contributed by atoms with Gasteiger partial charge >= 0.3 is 0 Å². The van der Waals surface area contributed by atoms with Gasteiger partial charge in [0.05, 0.1) is 26.3 Å². The molecule has 2 aromatic heterocycles. The van der Waals surface area contributed by atoms with E-state index in [1.165, 1.54) is 29.8 Å². The second kappa shape index (κ2) is 6.67. The topological polar surface area (TPSA) is 88.2 Å². The number of carbonyl (C=O) groups excluding carboxylic acids is 1. The Morgan fingerprint density at radius 3 is 2.72 bits per heavy atom. The van der Waals surface area contributed by atoms with Crippen molar-refractivity contribution in [3.05, 3.63) is 45.0 Å². The summed E-state index contributed by atoms with van der Waals surface area (Å²) < 4.78 is 13.5. The normalized spacial score (nSPS) is 10.9. The maximum Gasteiger partial charge on any atom is 0.266 e. The van der Waals surface area contributed by atoms with Gasteiger partial charge in [-0.05, 0) is 28.1 Å². The number of rotatable bonds is 5. The van der Waals surface area contributed by atoms with Crippen LogP contribution in [0.1, 0.15) is 10.4 Å². The monoisotopic (exact) mass is 406 g/mol. The number of aromatic nitrogens is 4. The molecular weight excluding hydrogens is 392 g/mol. The van der Waals surface area contributed by atoms with Crippen LogP contribution in [-0.2, 0) is 13.6 Å². The number of nitrogens with zero attached hydrogens (tertiary/aromatic N) is 4. The molecule has 0 radical (unpaired) electrons. The highest BCUT2D eigenvalue weighted by Gasteiger charge is 2.18. The summed E-state index contributed by atoms with van der Waals surface area (Å²) in [4.78, 5) is 29.5. The highest BCUT2D eigenvalue weighted by Crippen LogP contribution is 2.25. The van der Waals surface area contributed by atoms with Gasteiger partial charge in [-0.1, -0.05) is 0 Å². The van der Waals surface area contributed by atoms with Crippen molar-refractivity contribution < 1.29 is 14.3 Å². The summed E-state index contributed by atoms with van der Waals surface area (Å²) in [5.41, 5.74) is 0.467. The van der Waals surface area contributed by atoms with Crippen molar-refractivity contribution >= 4 is 32.7 Å². The van der Waals surface area contributed by atoms with Crippen LogP contribution in [0.2, 0.25) is 0 Å². The van der Waals surface area contributed by atoms with Crippen LogP contribution in [0.25, 0.3) is 11.0 Å². The lowest BCUT2D eigenvalue weighted by molar-refractivity contribution is 0.0967. The van der Waals surface area contributed by atoms with Crippen LogP contribution in [-0.4, -0.2) is 39.3 Å². The number of carbonyl (C=O) groups is 1. The van der Waals surface area contributed by atoms with Gasteiger partial charge in [0, 0.05) is 13.1 Å². The number of ketones is 1. The van der Waals surface area contributed by atoms with Crippen molar-refractivity contribution in [2.75, 3.05) is 14.2 Å². The smallest absolute Gasteiger partial charge is 0.266 e. The summed E-state index contributed by atoms with van der Waals surface area (Å²) in [6.07, 6.45) is 1.34. The van der Waals surface area contributed by atoms with Crippen molar-refractivity contribution in [3.63, 3.8) is 0 Å². The van der Waals surface area contributed by atoms with Crippen LogP contribution in [0, 0.1) is 0 Å². The fourth-order valence-electron chi connectivity index (χ4n) is 2.52. The maximum atomic E-state index is 12.6. The zero-order chi connectivity index (χ0) is 18.1. The van der Waals surface area contributed by atoms with E-state index in [-0.39, 0.29) is 17.9 Å². The number of halogens is 1. The van der Waals surface area contributed by atoms with Crippen LogP contribution in [0.4, 0.5) is 0 Å². The van der Waals surface area contributed by atoms with E-state index in [2.05, 4.69) is 26.0 Å². The summed E-state index contributed by atoms with van der Waals surface area (Å²) in [5, 5.41) is 4.45. The zero-order valence-electron chi connectivity index (χ0n) is 13.8. The summed E-state index contributed by atoms with van der Waals surface area (Å²) >= 11 is 3.25. The summed E-state index contributed by atoms with van der Waals surface area (Å²) in [7, 11) is 4.69. The summed E-state index contributed by atoms with van der Waals surface area (Å²) in [5.74, 6) is 0.685. The van der Waals surface area contributed by atoms with Crippen LogP contribution in [0.5, 0.6) is 11.5 Å². The van der Waals surface area contributed by atoms with Gasteiger partial charge < -0.3 is 9.47 Å². The zero-order valence-corrected chi connectivity index (χ0v) is 15.4. The molecule has 0 unspecified atom stereocenters. The third-order valence-corrected chi connectivity index (χ3v) is 4.35. The van der Waals surface area contributed by atoms with Gasteiger partial charge in [0.2, 0.25) is 0 Å². The van der Waals surface area contributed by atoms with Crippen LogP contribution in [0.15, 0.2) is 33.9 Å². The Morgan fingerprint density at radius 2 is 2.04 bits per heavy atom. The average molecular weight is 407 g/mol. The Morgan fingerprint density at radius 1 is 1.28 bits per heavy atom. The first kappa shape index (κ1) is 17.2. The molecule has 3 rings (SSSR count). The Labute approximate surface area is 151 Å². The SMILES string of the molecule is COc1ccc(C(=O)Cn2cnc3c(c(Br)nn3C)c2=O)c(OC)c1. The predicted molar refractivity (Wildman–Crippen MR) is 94.3 cm³/mol. The Kier molecular flexibility index (Phi) is 4.58. The van der Waals surface area contributed by atoms with E-state index in [9.17, 15) is 9.59 Å². The molecule has 0 N–H and O–H groups in total. The summed E-state index contributed by atoms with van der Waals surface area (Å²) in [6, 6.07) is 4.89. The van der Waals surface area contributed by atoms with Crippen molar-refractivity contribution in [3.8, 4) is 11.5 Å². The van der Waals surface area contributed by atoms with E-state index in [4.69, 9.17) is 9.47 Å². The Bertz CT molecular complexity index is 1020. The van der Waals surface area contributed by atoms with Crippen molar-refractivity contribution in [2.24, 2.45) is 7.05 Å². The van der Waals surface area contributed by atoms with Gasteiger partial charge in [0.1, 0.15) is 27.8 Å². The first-order chi connectivity index (χ1) is 12.0. The molecule has 0 saturated heterocycles. The Hall–Kier alpha value is -2.68. The maximum absolute atomic E-state index is 12.6. The number of aryl methyl sites for hydroxylation is 1. The first-order valence-corrected chi connectivity index (χ1v) is 8.08. The molecule has 0 amide bonds. The predicted octanol–water partition coefficient (Wildman–Crippen LogP) is 1.79. The van der Waals surface area contributed by atoms with Crippen LogP contribution >= 0.6 is 15.9 Å². The lowest BCUT2D eigenvalue weighted by Crippen LogP contribution is -2.25. The molecule has 0 aliphatic rings. The minimum atomic E-state index is -0.342. The average Bonchev–Trinajstić information content (AvgIpc) is 2.91. The van der Waals surface area contributed by atoms with E-state index in [0.717, 1.165) is 0 Å². The van der Waals surface area contributed by atoms with E-state index in [1.54, 1.807) is 25.2 Å². The second-order valence-electron chi connectivity index (χ2n) is 5.28. The number of fused-ring (bicyclic) bond motifs is 1. The van der Waals surface area contributed by atoms with Gasteiger partial charge in [0.25, 0.3) is 5.56 Å². The highest BCUT2D eigenvalue weighted by atomic mass is 79.9. The van der Waals surface area contributed by atoms with Gasteiger partial charge in [-0.15, -0.1) is 0 Å². The third-order valence-electron chi connectivity index (χ3n) is 3.79. The molecule has 0 aliphatic carbocycles. The lowest BCUT2D eigenvalue weighted by Gasteiger charge is -2.10. The van der Waals surface area contributed by atoms with E-state index >= 15 is 0 Å². The molecule has 2 heterocycles. The molecule has 130 valence electrons. The fourth-order valence-corrected chi connectivity index (χ4v) is 3.10. The molecule has 0 atom stereocenters. The molecule has 0 bridgehead atoms. The summed E-state index contributed by atoms with van der Waals surface area (Å²) in [6.45, 7) is -0.161. The largest absolute Gasteiger partial charge is 0.497 e. The van der Waals surface area contributed by atoms with Gasteiger partial charge in [-0.3, -0.25) is 14.2 Å². The van der Waals surface area contributed by atoms with E-state index in [0.29, 0.717) is 32.7 Å². The number of methoxy groups -OCH3 is 2. The Balaban J connectivity index is 1.99. The molecular formula is C16H15BrN4O4. The molecule has 0 spiro atoms. The van der Waals surface area contributed by atoms with Gasteiger partial charge in [-0.2, -0.15) is 5.10 Å². The standard InChI is InChI=1S/C16H15BrN4O4/c1-20-15-13(14(17)19-20)16(23)21(8-18-15)7-11(22)10-5-4-9(24-2)6-12(10)25-3/h4-6,8H,7H2,1-3H3. The van der Waals surface area contributed by atoms with E-state index < -0.39 is 0 Å². The third kappa shape index (κ3) is 3.02. The molecule has 0 aliphatic heterocycles. The van der Waals surface area contributed by atoms with Gasteiger partial charge in [-0.25, -0.2) is 9.67 Å². The molecule has 1 aromatic carbocycles. The first-order valence-electron chi connectivity index (χ1n) is 7.29. The number of benzene rings is 1. The number of ether oxygens (including phenoxy) is 2. The fraction of sp³-hybridized carbons (Fsp3) is 0.250. The number of hydrogen-bond donors (Lipinski definition) is 0. The molecule has 25 heavy (non-hydrogen) atoms. The molecule has 3 aromatic rings. The minimum absolute atomic E-state index is 0.161. The minimum Gasteiger partial charge on any atom is -0.497 e. The highest BCUT2D eigenvalue weighted by molar-refractivity contribution is 9.10. The molecule has 0 fully saturated rings. The number of hydrogen-bond acceptors (Lipinski definition) is 6. The molecule has 0 saturated carbocycles. The quantitative estimate of drug-likeness (QED) is 0.600. The molecule has 9 heteroatoms. The van der Waals surface area contributed by atoms with Crippen LogP contribution in [0.3, 0.4) is 0 Å². The number of Topliss-reactive ketones (excluding diaryl/α,β-unsaturated/α-hetero) is 1. The van der Waals surface area contributed by atoms with Gasteiger partial charge in [0.15, 0.2) is 11.4 Å². The lowest BCUT2D eigenvalue weighted by atomic mass is 10.1. The molecule has 8 nitrogen and oxygen atoms in total. The van der Waals surface area contributed by atoms with Crippen molar-refractivity contribution in [1.82, 2.24) is 19.3 Å². The van der Waals surface area contributed by atoms with Crippen molar-refractivity contribution in [2.45, 2.75) is 6.54 Å². The van der Waals surface area contributed by atoms with Crippen molar-refractivity contribution in [1.29, 1.82) is 0 Å². The second-order valence-corrected chi connectivity index (χ2v) is 6.03. The van der Waals surface area contributed by atoms with Crippen LogP contribution < -0.4 is 15.0 Å². The van der Waals surface area contributed by atoms with E-state index in [1.807, 2.05) is 0 Å².